The normalized spacial score (nSPS) is 33.5. The zero-order valence-electron chi connectivity index (χ0n) is 10.9. The van der Waals surface area contributed by atoms with Gasteiger partial charge in [-0.1, -0.05) is 18.0 Å². The van der Waals surface area contributed by atoms with E-state index in [4.69, 9.17) is 9.26 Å². The van der Waals surface area contributed by atoms with Crippen LogP contribution in [0, 0.1) is 0 Å². The van der Waals surface area contributed by atoms with Gasteiger partial charge in [0.25, 0.3) is 0 Å². The van der Waals surface area contributed by atoms with Gasteiger partial charge in [0.1, 0.15) is 5.60 Å². The molecule has 5 heteroatoms. The molecule has 0 bridgehead atoms. The van der Waals surface area contributed by atoms with Crippen molar-refractivity contribution in [2.24, 2.45) is 0 Å². The average molecular weight is 251 g/mol. The number of hydrogen-bond acceptors (Lipinski definition) is 5. The molecule has 2 aliphatic rings. The van der Waals surface area contributed by atoms with Crippen LogP contribution < -0.4 is 5.32 Å². The van der Waals surface area contributed by atoms with Gasteiger partial charge in [-0.2, -0.15) is 4.98 Å². The monoisotopic (exact) mass is 251 g/mol. The van der Waals surface area contributed by atoms with E-state index in [2.05, 4.69) is 22.4 Å². The summed E-state index contributed by atoms with van der Waals surface area (Å²) in [6, 6.07) is 0.221. The lowest BCUT2D eigenvalue weighted by molar-refractivity contribution is 0.00768. The largest absolute Gasteiger partial charge is 0.367 e. The van der Waals surface area contributed by atoms with Crippen molar-refractivity contribution in [3.05, 3.63) is 11.7 Å². The van der Waals surface area contributed by atoms with Crippen LogP contribution in [0.5, 0.6) is 0 Å². The van der Waals surface area contributed by atoms with Crippen LogP contribution in [-0.4, -0.2) is 23.3 Å². The lowest BCUT2D eigenvalue weighted by Gasteiger charge is -2.17. The number of rotatable bonds is 2. The minimum atomic E-state index is -0.341. The molecule has 100 valence electrons. The number of nitrogens with one attached hydrogen (secondary N) is 1. The van der Waals surface area contributed by atoms with E-state index in [1.807, 2.05) is 0 Å². The Hall–Kier alpha value is -0.940. The molecule has 0 amide bonds. The van der Waals surface area contributed by atoms with Crippen LogP contribution in [-0.2, 0) is 10.3 Å². The molecule has 1 aromatic rings. The first-order valence-corrected chi connectivity index (χ1v) is 6.99. The summed E-state index contributed by atoms with van der Waals surface area (Å²) in [5.41, 5.74) is -0.341. The van der Waals surface area contributed by atoms with Crippen molar-refractivity contribution in [3.63, 3.8) is 0 Å². The molecule has 0 spiro atoms. The highest BCUT2D eigenvalue weighted by Gasteiger charge is 2.37. The smallest absolute Gasteiger partial charge is 0.243 e. The quantitative estimate of drug-likeness (QED) is 0.874. The summed E-state index contributed by atoms with van der Waals surface area (Å²) < 4.78 is 11.2. The summed E-state index contributed by atoms with van der Waals surface area (Å²) in [5, 5.41) is 7.60. The van der Waals surface area contributed by atoms with Crippen molar-refractivity contribution >= 4 is 0 Å². The van der Waals surface area contributed by atoms with Gasteiger partial charge in [-0.15, -0.1) is 0 Å². The Morgan fingerprint density at radius 3 is 3.06 bits per heavy atom. The Labute approximate surface area is 107 Å². The molecule has 0 saturated carbocycles. The van der Waals surface area contributed by atoms with Gasteiger partial charge in [0.2, 0.25) is 11.7 Å². The van der Waals surface area contributed by atoms with Crippen molar-refractivity contribution in [2.45, 2.75) is 57.1 Å². The van der Waals surface area contributed by atoms with E-state index in [0.29, 0.717) is 5.82 Å². The predicted molar refractivity (Wildman–Crippen MR) is 66.0 cm³/mol. The summed E-state index contributed by atoms with van der Waals surface area (Å²) in [4.78, 5) is 4.56. The van der Waals surface area contributed by atoms with E-state index in [-0.39, 0.29) is 11.6 Å². The molecule has 2 saturated heterocycles. The lowest BCUT2D eigenvalue weighted by atomic mass is 10.0. The van der Waals surface area contributed by atoms with Gasteiger partial charge in [-0.25, -0.2) is 0 Å². The van der Waals surface area contributed by atoms with Gasteiger partial charge in [-0.05, 0) is 39.2 Å². The number of aromatic nitrogens is 2. The molecule has 0 aliphatic carbocycles. The Balaban J connectivity index is 1.76. The molecular weight excluding hydrogens is 230 g/mol. The van der Waals surface area contributed by atoms with Gasteiger partial charge >= 0.3 is 0 Å². The first-order valence-electron chi connectivity index (χ1n) is 6.99. The van der Waals surface area contributed by atoms with Crippen molar-refractivity contribution in [1.82, 2.24) is 15.5 Å². The van der Waals surface area contributed by atoms with Crippen molar-refractivity contribution in [3.8, 4) is 0 Å². The summed E-state index contributed by atoms with van der Waals surface area (Å²) >= 11 is 0. The van der Waals surface area contributed by atoms with E-state index in [1.54, 1.807) is 0 Å². The molecule has 5 nitrogen and oxygen atoms in total. The van der Waals surface area contributed by atoms with Crippen LogP contribution in [0.4, 0.5) is 0 Å². The highest BCUT2D eigenvalue weighted by molar-refractivity contribution is 5.03. The zero-order valence-corrected chi connectivity index (χ0v) is 10.9. The second-order valence-electron chi connectivity index (χ2n) is 5.50. The molecule has 2 atom stereocenters. The second-order valence-corrected chi connectivity index (χ2v) is 5.50. The fourth-order valence-corrected chi connectivity index (χ4v) is 2.79. The molecule has 3 heterocycles. The zero-order chi connectivity index (χ0) is 12.4. The molecule has 1 aromatic heterocycles. The van der Waals surface area contributed by atoms with Crippen LogP contribution in [0.2, 0.25) is 0 Å². The molecule has 3 rings (SSSR count). The van der Waals surface area contributed by atoms with Gasteiger partial charge < -0.3 is 14.6 Å². The topological polar surface area (TPSA) is 60.2 Å². The van der Waals surface area contributed by atoms with Crippen molar-refractivity contribution in [2.75, 3.05) is 13.2 Å². The summed E-state index contributed by atoms with van der Waals surface area (Å²) in [7, 11) is 0. The molecule has 0 aromatic carbocycles. The lowest BCUT2D eigenvalue weighted by Crippen LogP contribution is -2.23. The van der Waals surface area contributed by atoms with Crippen molar-refractivity contribution < 1.29 is 9.26 Å². The van der Waals surface area contributed by atoms with Crippen LogP contribution >= 0.6 is 0 Å². The first-order chi connectivity index (χ1) is 8.78. The molecule has 0 radical (unpaired) electrons. The third-order valence-electron chi connectivity index (χ3n) is 3.99. The maximum atomic E-state index is 5.75. The summed E-state index contributed by atoms with van der Waals surface area (Å²) in [5.74, 6) is 1.43. The van der Waals surface area contributed by atoms with Gasteiger partial charge in [0.15, 0.2) is 0 Å². The summed E-state index contributed by atoms with van der Waals surface area (Å²) in [6.45, 7) is 3.88. The highest BCUT2D eigenvalue weighted by Crippen LogP contribution is 2.34. The standard InChI is InChI=1S/C13H21N3O2/c1-13(7-5-9-17-13)12-15-11(18-16-12)10-6-3-2-4-8-14-10/h10,14H,2-9H2,1H3. The first kappa shape index (κ1) is 12.1. The van der Waals surface area contributed by atoms with E-state index in [9.17, 15) is 0 Å². The van der Waals surface area contributed by atoms with E-state index >= 15 is 0 Å². The summed E-state index contributed by atoms with van der Waals surface area (Å²) in [6.07, 6.45) is 6.87. The number of nitrogens with zero attached hydrogens (tertiary/aromatic N) is 2. The van der Waals surface area contributed by atoms with Crippen LogP contribution in [0.25, 0.3) is 0 Å². The van der Waals surface area contributed by atoms with Gasteiger partial charge in [-0.3, -0.25) is 0 Å². The van der Waals surface area contributed by atoms with E-state index < -0.39 is 0 Å². The fourth-order valence-electron chi connectivity index (χ4n) is 2.79. The Morgan fingerprint density at radius 2 is 2.22 bits per heavy atom. The SMILES string of the molecule is CC1(c2noc(C3CCCCCN3)n2)CCCO1. The van der Waals surface area contributed by atoms with Crippen molar-refractivity contribution in [1.29, 1.82) is 0 Å². The molecule has 2 fully saturated rings. The van der Waals surface area contributed by atoms with E-state index in [1.165, 1.54) is 19.3 Å². The highest BCUT2D eigenvalue weighted by atomic mass is 16.5. The molecule has 18 heavy (non-hydrogen) atoms. The van der Waals surface area contributed by atoms with Gasteiger partial charge in [0.05, 0.1) is 6.04 Å². The number of hydrogen-bond donors (Lipinski definition) is 1. The molecule has 2 aliphatic heterocycles. The number of ether oxygens (including phenoxy) is 1. The van der Waals surface area contributed by atoms with Crippen LogP contribution in [0.15, 0.2) is 4.52 Å². The third-order valence-corrected chi connectivity index (χ3v) is 3.99. The average Bonchev–Trinajstić information content (AvgIpc) is 2.94. The minimum absolute atomic E-state index is 0.221. The predicted octanol–water partition coefficient (Wildman–Crippen LogP) is 2.30. The Kier molecular flexibility index (Phi) is 3.35. The minimum Gasteiger partial charge on any atom is -0.367 e. The Bertz CT molecular complexity index is 391. The third kappa shape index (κ3) is 2.29. The van der Waals surface area contributed by atoms with Crippen LogP contribution in [0.3, 0.4) is 0 Å². The molecule has 2 unspecified atom stereocenters. The van der Waals surface area contributed by atoms with Gasteiger partial charge in [0, 0.05) is 6.61 Å². The Morgan fingerprint density at radius 1 is 1.28 bits per heavy atom. The second kappa shape index (κ2) is 4.97. The van der Waals surface area contributed by atoms with E-state index in [0.717, 1.165) is 38.3 Å². The molecular formula is C13H21N3O2. The maximum Gasteiger partial charge on any atom is 0.243 e. The maximum absolute atomic E-state index is 5.75. The van der Waals surface area contributed by atoms with Crippen LogP contribution in [0.1, 0.15) is 63.2 Å². The molecule has 1 N–H and O–H groups in total. The fraction of sp³-hybridized carbons (Fsp3) is 0.846.